The highest BCUT2D eigenvalue weighted by Gasteiger charge is 2.14. The zero-order chi connectivity index (χ0) is 19.3. The van der Waals surface area contributed by atoms with Gasteiger partial charge >= 0.3 is 5.97 Å². The van der Waals surface area contributed by atoms with Crippen molar-refractivity contribution in [3.8, 4) is 0 Å². The van der Waals surface area contributed by atoms with Gasteiger partial charge in [-0.05, 0) is 49.4 Å². The van der Waals surface area contributed by atoms with Gasteiger partial charge in [-0.15, -0.1) is 0 Å². The molecule has 0 spiro atoms. The summed E-state index contributed by atoms with van der Waals surface area (Å²) in [6.45, 7) is 9.21. The van der Waals surface area contributed by atoms with Crippen LogP contribution in [0.15, 0.2) is 24.3 Å². The van der Waals surface area contributed by atoms with Crippen LogP contribution in [-0.4, -0.2) is 26.8 Å². The van der Waals surface area contributed by atoms with E-state index in [9.17, 15) is 9.59 Å². The number of anilines is 1. The molecule has 0 unspecified atom stereocenters. The molecular weight excluding hydrogens is 330 g/mol. The standard InChI is InChI=1S/C20H27N3O3/c1-13(2)12-23-15(4)18(14(3)22-23)8-9-19(24)21-17-7-5-6-16(10-17)11-20(25)26/h5-7,10,13H,8-9,11-12H2,1-4H3,(H,21,24)(H,25,26). The van der Waals surface area contributed by atoms with Crippen molar-refractivity contribution in [1.29, 1.82) is 0 Å². The molecule has 26 heavy (non-hydrogen) atoms. The van der Waals surface area contributed by atoms with Gasteiger partial charge in [-0.2, -0.15) is 5.10 Å². The lowest BCUT2D eigenvalue weighted by molar-refractivity contribution is -0.136. The van der Waals surface area contributed by atoms with Gasteiger partial charge in [0.05, 0.1) is 12.1 Å². The van der Waals surface area contributed by atoms with Crippen LogP contribution >= 0.6 is 0 Å². The van der Waals surface area contributed by atoms with Gasteiger partial charge in [0.2, 0.25) is 5.91 Å². The van der Waals surface area contributed by atoms with Gasteiger partial charge in [-0.25, -0.2) is 0 Å². The van der Waals surface area contributed by atoms with E-state index in [-0.39, 0.29) is 12.3 Å². The summed E-state index contributed by atoms with van der Waals surface area (Å²) in [5, 5.41) is 16.3. The summed E-state index contributed by atoms with van der Waals surface area (Å²) >= 11 is 0. The van der Waals surface area contributed by atoms with Crippen LogP contribution < -0.4 is 5.32 Å². The van der Waals surface area contributed by atoms with Gasteiger partial charge in [0.1, 0.15) is 0 Å². The summed E-state index contributed by atoms with van der Waals surface area (Å²) < 4.78 is 2.02. The molecule has 2 N–H and O–H groups in total. The lowest BCUT2D eigenvalue weighted by Crippen LogP contribution is -2.13. The Labute approximate surface area is 154 Å². The second-order valence-corrected chi connectivity index (χ2v) is 7.04. The third-order valence-electron chi connectivity index (χ3n) is 4.24. The normalized spacial score (nSPS) is 11.0. The van der Waals surface area contributed by atoms with E-state index in [2.05, 4.69) is 24.3 Å². The molecule has 1 heterocycles. The fourth-order valence-corrected chi connectivity index (χ4v) is 3.02. The van der Waals surface area contributed by atoms with Crippen molar-refractivity contribution in [2.45, 2.75) is 53.5 Å². The highest BCUT2D eigenvalue weighted by atomic mass is 16.4. The van der Waals surface area contributed by atoms with E-state index in [1.54, 1.807) is 24.3 Å². The molecule has 6 nitrogen and oxygen atoms in total. The molecule has 0 saturated heterocycles. The number of hydrogen-bond donors (Lipinski definition) is 2. The number of nitrogens with zero attached hydrogens (tertiary/aromatic N) is 2. The first kappa shape index (κ1) is 19.7. The molecule has 6 heteroatoms. The molecule has 0 bridgehead atoms. The average molecular weight is 357 g/mol. The van der Waals surface area contributed by atoms with Gasteiger partial charge in [0.25, 0.3) is 0 Å². The lowest BCUT2D eigenvalue weighted by atomic mass is 10.1. The van der Waals surface area contributed by atoms with Crippen molar-refractivity contribution in [3.05, 3.63) is 46.8 Å². The highest BCUT2D eigenvalue weighted by molar-refractivity contribution is 5.91. The van der Waals surface area contributed by atoms with Gasteiger partial charge in [0.15, 0.2) is 0 Å². The average Bonchev–Trinajstić information content (AvgIpc) is 2.78. The first-order chi connectivity index (χ1) is 12.3. The van der Waals surface area contributed by atoms with Crippen molar-refractivity contribution in [1.82, 2.24) is 9.78 Å². The molecular formula is C20H27N3O3. The largest absolute Gasteiger partial charge is 0.481 e. The molecule has 0 aliphatic carbocycles. The minimum Gasteiger partial charge on any atom is -0.481 e. The highest BCUT2D eigenvalue weighted by Crippen LogP contribution is 2.17. The molecule has 2 aromatic rings. The number of nitrogens with one attached hydrogen (secondary N) is 1. The second-order valence-electron chi connectivity index (χ2n) is 7.04. The van der Waals surface area contributed by atoms with Gasteiger partial charge in [0, 0.05) is 24.3 Å². The zero-order valence-electron chi connectivity index (χ0n) is 15.9. The van der Waals surface area contributed by atoms with E-state index >= 15 is 0 Å². The summed E-state index contributed by atoms with van der Waals surface area (Å²) in [5.74, 6) is -0.465. The van der Waals surface area contributed by atoms with Gasteiger partial charge < -0.3 is 10.4 Å². The van der Waals surface area contributed by atoms with Crippen molar-refractivity contribution < 1.29 is 14.7 Å². The number of carboxylic acid groups (broad SMARTS) is 1. The number of aryl methyl sites for hydroxylation is 1. The third-order valence-corrected chi connectivity index (χ3v) is 4.24. The number of hydrogen-bond acceptors (Lipinski definition) is 3. The van der Waals surface area contributed by atoms with Crippen LogP contribution in [0.3, 0.4) is 0 Å². The van der Waals surface area contributed by atoms with Crippen LogP contribution in [0.5, 0.6) is 0 Å². The maximum absolute atomic E-state index is 12.3. The first-order valence-corrected chi connectivity index (χ1v) is 8.89. The fourth-order valence-electron chi connectivity index (χ4n) is 3.02. The summed E-state index contributed by atoms with van der Waals surface area (Å²) in [4.78, 5) is 23.1. The summed E-state index contributed by atoms with van der Waals surface area (Å²) in [6.07, 6.45) is 0.936. The Morgan fingerprint density at radius 2 is 2.00 bits per heavy atom. The molecule has 0 atom stereocenters. The van der Waals surface area contributed by atoms with E-state index in [0.29, 0.717) is 30.0 Å². The minimum atomic E-state index is -0.891. The van der Waals surface area contributed by atoms with Gasteiger partial charge in [-0.1, -0.05) is 26.0 Å². The number of carbonyl (C=O) groups excluding carboxylic acids is 1. The number of benzene rings is 1. The van der Waals surface area contributed by atoms with Crippen LogP contribution in [-0.2, 0) is 29.0 Å². The molecule has 1 aromatic heterocycles. The monoisotopic (exact) mass is 357 g/mol. The lowest BCUT2D eigenvalue weighted by Gasteiger charge is -2.09. The number of rotatable bonds is 8. The Morgan fingerprint density at radius 3 is 2.65 bits per heavy atom. The number of amides is 1. The summed E-state index contributed by atoms with van der Waals surface area (Å²) in [5.41, 5.74) is 4.50. The predicted molar refractivity (Wildman–Crippen MR) is 101 cm³/mol. The Bertz CT molecular complexity index is 794. The molecule has 2 rings (SSSR count). The van der Waals surface area contributed by atoms with Crippen LogP contribution in [0.25, 0.3) is 0 Å². The predicted octanol–water partition coefficient (Wildman–Crippen LogP) is 3.35. The smallest absolute Gasteiger partial charge is 0.307 e. The van der Waals surface area contributed by atoms with E-state index in [1.165, 1.54) is 0 Å². The molecule has 0 aliphatic rings. The van der Waals surface area contributed by atoms with E-state index in [0.717, 1.165) is 23.5 Å². The maximum Gasteiger partial charge on any atom is 0.307 e. The van der Waals surface area contributed by atoms with Crippen LogP contribution in [0, 0.1) is 19.8 Å². The number of carbonyl (C=O) groups is 2. The number of aliphatic carboxylic acids is 1. The summed E-state index contributed by atoms with van der Waals surface area (Å²) in [6, 6.07) is 6.95. The van der Waals surface area contributed by atoms with Gasteiger partial charge in [-0.3, -0.25) is 14.3 Å². The fraction of sp³-hybridized carbons (Fsp3) is 0.450. The summed E-state index contributed by atoms with van der Waals surface area (Å²) in [7, 11) is 0. The van der Waals surface area contributed by atoms with Crippen LogP contribution in [0.2, 0.25) is 0 Å². The molecule has 1 aromatic carbocycles. The van der Waals surface area contributed by atoms with E-state index in [1.807, 2.05) is 18.5 Å². The Hall–Kier alpha value is -2.63. The molecule has 0 radical (unpaired) electrons. The molecule has 1 amide bonds. The van der Waals surface area contributed by atoms with Crippen LogP contribution in [0.1, 0.15) is 42.8 Å². The van der Waals surface area contributed by atoms with Crippen molar-refractivity contribution >= 4 is 17.6 Å². The molecule has 140 valence electrons. The maximum atomic E-state index is 12.3. The Kier molecular flexibility index (Phi) is 6.55. The molecule has 0 saturated carbocycles. The molecule has 0 fully saturated rings. The van der Waals surface area contributed by atoms with E-state index < -0.39 is 5.97 Å². The topological polar surface area (TPSA) is 84.2 Å². The third kappa shape index (κ3) is 5.44. The van der Waals surface area contributed by atoms with E-state index in [4.69, 9.17) is 5.11 Å². The number of aromatic nitrogens is 2. The zero-order valence-corrected chi connectivity index (χ0v) is 15.9. The Morgan fingerprint density at radius 1 is 1.27 bits per heavy atom. The quantitative estimate of drug-likeness (QED) is 0.759. The Balaban J connectivity index is 1.97. The molecule has 0 aliphatic heterocycles. The van der Waals surface area contributed by atoms with Crippen LogP contribution in [0.4, 0.5) is 5.69 Å². The van der Waals surface area contributed by atoms with Crippen molar-refractivity contribution in [2.75, 3.05) is 5.32 Å². The minimum absolute atomic E-state index is 0.0584. The number of carboxylic acids is 1. The second kappa shape index (κ2) is 8.65. The van der Waals surface area contributed by atoms with Crippen molar-refractivity contribution in [3.63, 3.8) is 0 Å². The van der Waals surface area contributed by atoms with Crippen molar-refractivity contribution in [2.24, 2.45) is 5.92 Å². The first-order valence-electron chi connectivity index (χ1n) is 8.89. The SMILES string of the molecule is Cc1nn(CC(C)C)c(C)c1CCC(=O)Nc1cccc(CC(=O)O)c1.